The van der Waals surface area contributed by atoms with Gasteiger partial charge in [0.05, 0.1) is 0 Å². The van der Waals surface area contributed by atoms with Gasteiger partial charge in [-0.3, -0.25) is 0 Å². The number of hydrogen-bond acceptors (Lipinski definition) is 2. The highest BCUT2D eigenvalue weighted by molar-refractivity contribution is 4.80. The van der Waals surface area contributed by atoms with Crippen molar-refractivity contribution >= 4 is 0 Å². The summed E-state index contributed by atoms with van der Waals surface area (Å²) in [4.78, 5) is 2.68. The summed E-state index contributed by atoms with van der Waals surface area (Å²) in [6, 6.07) is 0. The van der Waals surface area contributed by atoms with E-state index >= 15 is 0 Å². The molecule has 2 fully saturated rings. The average molecular weight is 196 g/mol. The van der Waals surface area contributed by atoms with Crippen LogP contribution in [0.25, 0.3) is 0 Å². The lowest BCUT2D eigenvalue weighted by molar-refractivity contribution is 0.172. The Morgan fingerprint density at radius 2 is 1.71 bits per heavy atom. The van der Waals surface area contributed by atoms with E-state index in [0.717, 1.165) is 18.4 Å². The topological polar surface area (TPSA) is 29.3 Å². The minimum absolute atomic E-state index is 0.877. The smallest absolute Gasteiger partial charge is 0.000966 e. The first-order valence-corrected chi connectivity index (χ1v) is 6.31. The molecule has 1 saturated heterocycles. The van der Waals surface area contributed by atoms with Crippen LogP contribution >= 0.6 is 0 Å². The van der Waals surface area contributed by atoms with Gasteiger partial charge in [0, 0.05) is 6.54 Å². The summed E-state index contributed by atoms with van der Waals surface area (Å²) in [7, 11) is 0. The van der Waals surface area contributed by atoms with Gasteiger partial charge < -0.3 is 10.6 Å². The zero-order chi connectivity index (χ0) is 9.80. The van der Waals surface area contributed by atoms with Crippen LogP contribution < -0.4 is 5.73 Å². The van der Waals surface area contributed by atoms with Crippen LogP contribution in [0.4, 0.5) is 0 Å². The molecule has 0 radical (unpaired) electrons. The fraction of sp³-hybridized carbons (Fsp3) is 1.00. The van der Waals surface area contributed by atoms with Gasteiger partial charge in [-0.15, -0.1) is 0 Å². The van der Waals surface area contributed by atoms with E-state index in [1.54, 1.807) is 0 Å². The first kappa shape index (κ1) is 10.4. The molecule has 2 aliphatic rings. The molecule has 1 aliphatic carbocycles. The van der Waals surface area contributed by atoms with Crippen LogP contribution in [0.5, 0.6) is 0 Å². The molecule has 0 atom stereocenters. The fourth-order valence-electron chi connectivity index (χ4n) is 2.53. The Bertz CT molecular complexity index is 158. The summed E-state index contributed by atoms with van der Waals surface area (Å²) in [6.45, 7) is 4.98. The largest absolute Gasteiger partial charge is 0.330 e. The van der Waals surface area contributed by atoms with Gasteiger partial charge in [-0.05, 0) is 70.0 Å². The van der Waals surface area contributed by atoms with Crippen LogP contribution in [0.1, 0.15) is 38.5 Å². The van der Waals surface area contributed by atoms with Crippen LogP contribution in [0.2, 0.25) is 0 Å². The minimum Gasteiger partial charge on any atom is -0.330 e. The van der Waals surface area contributed by atoms with E-state index in [4.69, 9.17) is 5.73 Å². The SMILES string of the molecule is NCCCC1CCN(CC2CC2)CC1. The zero-order valence-corrected chi connectivity index (χ0v) is 9.25. The molecule has 82 valence electrons. The average Bonchev–Trinajstić information content (AvgIpc) is 3.01. The number of piperidine rings is 1. The van der Waals surface area contributed by atoms with E-state index in [1.165, 1.54) is 58.2 Å². The predicted molar refractivity (Wildman–Crippen MR) is 60.2 cm³/mol. The number of hydrogen-bond donors (Lipinski definition) is 1. The minimum atomic E-state index is 0.877. The maximum absolute atomic E-state index is 5.54. The van der Waals surface area contributed by atoms with Crippen molar-refractivity contribution in [3.05, 3.63) is 0 Å². The molecule has 14 heavy (non-hydrogen) atoms. The van der Waals surface area contributed by atoms with Gasteiger partial charge in [-0.1, -0.05) is 0 Å². The Labute approximate surface area is 87.8 Å². The van der Waals surface area contributed by atoms with Gasteiger partial charge in [0.2, 0.25) is 0 Å². The fourth-order valence-corrected chi connectivity index (χ4v) is 2.53. The molecule has 0 aromatic carbocycles. The molecular formula is C12H24N2. The molecule has 1 aliphatic heterocycles. The van der Waals surface area contributed by atoms with Crippen molar-refractivity contribution in [2.24, 2.45) is 17.6 Å². The predicted octanol–water partition coefficient (Wildman–Crippen LogP) is 1.85. The third-order valence-electron chi connectivity index (χ3n) is 3.74. The van der Waals surface area contributed by atoms with Crippen molar-refractivity contribution in [2.75, 3.05) is 26.2 Å². The van der Waals surface area contributed by atoms with Crippen LogP contribution in [-0.4, -0.2) is 31.1 Å². The van der Waals surface area contributed by atoms with Crippen molar-refractivity contribution in [2.45, 2.75) is 38.5 Å². The van der Waals surface area contributed by atoms with Crippen LogP contribution in [0.15, 0.2) is 0 Å². The van der Waals surface area contributed by atoms with Crippen molar-refractivity contribution in [3.63, 3.8) is 0 Å². The van der Waals surface area contributed by atoms with Crippen molar-refractivity contribution in [3.8, 4) is 0 Å². The van der Waals surface area contributed by atoms with E-state index in [9.17, 15) is 0 Å². The second kappa shape index (κ2) is 5.13. The monoisotopic (exact) mass is 196 g/mol. The molecule has 1 saturated carbocycles. The lowest BCUT2D eigenvalue weighted by Gasteiger charge is -2.31. The van der Waals surface area contributed by atoms with Crippen molar-refractivity contribution < 1.29 is 0 Å². The third-order valence-corrected chi connectivity index (χ3v) is 3.74. The highest BCUT2D eigenvalue weighted by Gasteiger charge is 2.26. The third kappa shape index (κ3) is 3.25. The molecule has 0 amide bonds. The number of nitrogens with two attached hydrogens (primary N) is 1. The Kier molecular flexibility index (Phi) is 3.82. The molecule has 0 aromatic heterocycles. The summed E-state index contributed by atoms with van der Waals surface area (Å²) >= 11 is 0. The lowest BCUT2D eigenvalue weighted by Crippen LogP contribution is -2.35. The number of likely N-dealkylation sites (tertiary alicyclic amines) is 1. The van der Waals surface area contributed by atoms with E-state index in [0.29, 0.717) is 0 Å². The Morgan fingerprint density at radius 1 is 1.00 bits per heavy atom. The van der Waals surface area contributed by atoms with Gasteiger partial charge in [0.15, 0.2) is 0 Å². The molecule has 0 unspecified atom stereocenters. The second-order valence-electron chi connectivity index (χ2n) is 5.12. The Morgan fingerprint density at radius 3 is 2.29 bits per heavy atom. The van der Waals surface area contributed by atoms with Crippen molar-refractivity contribution in [1.82, 2.24) is 4.90 Å². The zero-order valence-electron chi connectivity index (χ0n) is 9.25. The maximum Gasteiger partial charge on any atom is 0.000966 e. The Balaban J connectivity index is 1.59. The number of nitrogens with zero attached hydrogens (tertiary/aromatic N) is 1. The van der Waals surface area contributed by atoms with Crippen molar-refractivity contribution in [1.29, 1.82) is 0 Å². The molecule has 1 heterocycles. The van der Waals surface area contributed by atoms with Gasteiger partial charge in [0.1, 0.15) is 0 Å². The molecule has 2 heteroatoms. The molecule has 2 N–H and O–H groups in total. The van der Waals surface area contributed by atoms with Gasteiger partial charge in [-0.2, -0.15) is 0 Å². The van der Waals surface area contributed by atoms with E-state index in [1.807, 2.05) is 0 Å². The van der Waals surface area contributed by atoms with Crippen LogP contribution in [0, 0.1) is 11.8 Å². The summed E-state index contributed by atoms with van der Waals surface area (Å²) < 4.78 is 0. The Hall–Kier alpha value is -0.0800. The number of rotatable bonds is 5. The van der Waals surface area contributed by atoms with E-state index in [2.05, 4.69) is 4.90 Å². The first-order chi connectivity index (χ1) is 6.88. The quantitative estimate of drug-likeness (QED) is 0.727. The standard InChI is InChI=1S/C12H24N2/c13-7-1-2-11-5-8-14(9-6-11)10-12-3-4-12/h11-12H,1-10,13H2. The maximum atomic E-state index is 5.54. The second-order valence-corrected chi connectivity index (χ2v) is 5.12. The van der Waals surface area contributed by atoms with Gasteiger partial charge in [0.25, 0.3) is 0 Å². The molecule has 2 nitrogen and oxygen atoms in total. The van der Waals surface area contributed by atoms with Crippen LogP contribution in [-0.2, 0) is 0 Å². The van der Waals surface area contributed by atoms with Gasteiger partial charge >= 0.3 is 0 Å². The molecule has 0 spiro atoms. The lowest BCUT2D eigenvalue weighted by atomic mass is 9.92. The highest BCUT2D eigenvalue weighted by Crippen LogP contribution is 2.31. The summed E-state index contributed by atoms with van der Waals surface area (Å²) in [5, 5.41) is 0. The summed E-state index contributed by atoms with van der Waals surface area (Å²) in [5.41, 5.74) is 5.54. The molecule has 2 rings (SSSR count). The molecular weight excluding hydrogens is 172 g/mol. The van der Waals surface area contributed by atoms with E-state index in [-0.39, 0.29) is 0 Å². The molecule has 0 aromatic rings. The van der Waals surface area contributed by atoms with Gasteiger partial charge in [-0.25, -0.2) is 0 Å². The first-order valence-electron chi connectivity index (χ1n) is 6.31. The van der Waals surface area contributed by atoms with E-state index < -0.39 is 0 Å². The van der Waals surface area contributed by atoms with Crippen LogP contribution in [0.3, 0.4) is 0 Å². The summed E-state index contributed by atoms with van der Waals surface area (Å²) in [6.07, 6.45) is 8.43. The summed E-state index contributed by atoms with van der Waals surface area (Å²) in [5.74, 6) is 2.05. The molecule has 0 bridgehead atoms. The normalized spacial score (nSPS) is 25.5. The highest BCUT2D eigenvalue weighted by atomic mass is 15.1.